The van der Waals surface area contributed by atoms with Gasteiger partial charge in [0.2, 0.25) is 0 Å². The summed E-state index contributed by atoms with van der Waals surface area (Å²) >= 11 is 0. The topological polar surface area (TPSA) is 74.6 Å². The van der Waals surface area contributed by atoms with Crippen LogP contribution in [0.4, 0.5) is 12.9 Å². The van der Waals surface area contributed by atoms with Gasteiger partial charge in [0.1, 0.15) is 0 Å². The van der Waals surface area contributed by atoms with Crippen molar-refractivity contribution in [2.24, 2.45) is 0 Å². The molecular weight excluding hydrogens is 195 g/mol. The van der Waals surface area contributed by atoms with Crippen LogP contribution in [0.1, 0.15) is 6.92 Å². The van der Waals surface area contributed by atoms with Crippen LogP contribution < -0.4 is 18.9 Å². The quantitative estimate of drug-likeness (QED) is 0.272. The Bertz CT molecular complexity index is 140. The third-order valence-corrected chi connectivity index (χ3v) is 0. The zero-order valence-electron chi connectivity index (χ0n) is 6.54. The molecule has 0 aliphatic heterocycles. The molecule has 2 N–H and O–H groups in total. The van der Waals surface area contributed by atoms with Crippen LogP contribution in [0.15, 0.2) is 0 Å². The van der Waals surface area contributed by atoms with E-state index in [1.165, 1.54) is 0 Å². The normalized spacial score (nSPS) is 7.58. The Labute approximate surface area is 81.5 Å². The molecule has 0 unspecified atom stereocenters. The third kappa shape index (κ3) is 8630. The summed E-state index contributed by atoms with van der Waals surface area (Å²) in [5, 5.41) is 0. The first kappa shape index (κ1) is 22.8. The summed E-state index contributed by atoms with van der Waals surface area (Å²) < 4.78 is 60.6. The molecule has 12 heavy (non-hydrogen) atoms. The minimum atomic E-state index is -4.67. The molecule has 70 valence electrons. The Morgan fingerprint density at radius 1 is 1.17 bits per heavy atom. The molecule has 4 nitrogen and oxygen atoms in total. The smallest absolute Gasteiger partial charge is 0.346 e. The van der Waals surface area contributed by atoms with Crippen LogP contribution in [0.25, 0.3) is 0 Å². The minimum absolute atomic E-state index is 0. The van der Waals surface area contributed by atoms with Crippen molar-refractivity contribution >= 4 is 17.9 Å². The van der Waals surface area contributed by atoms with Gasteiger partial charge in [0, 0.05) is 0 Å². The molecule has 0 aromatic rings. The van der Waals surface area contributed by atoms with Crippen LogP contribution >= 0.6 is 0 Å². The maximum atomic E-state index is 9.67. The summed E-state index contributed by atoms with van der Waals surface area (Å²) in [5.74, 6) is 0. The van der Waals surface area contributed by atoms with E-state index in [9.17, 15) is 12.9 Å². The summed E-state index contributed by atoms with van der Waals surface area (Å²) in [6, 6.07) is 0. The molecule has 0 aliphatic carbocycles. The molecule has 10 heteroatoms. The monoisotopic (exact) mass is 202 g/mol. The fraction of sp³-hybridized carbons (Fsp3) is 0.500. The molecule has 0 aromatic heterocycles. The van der Waals surface area contributed by atoms with E-state index < -0.39 is 17.9 Å². The van der Waals surface area contributed by atoms with E-state index in [0.29, 0.717) is 0 Å². The Kier molecular flexibility index (Phi) is 26.4. The molecule has 0 atom stereocenters. The first-order chi connectivity index (χ1) is 4.73. The van der Waals surface area contributed by atoms with Gasteiger partial charge in [-0.05, 0) is 0 Å². The average Bonchev–Trinajstić information content (AvgIpc) is 1.63. The van der Waals surface area contributed by atoms with Gasteiger partial charge in [-0.25, -0.2) is 0 Å². The van der Waals surface area contributed by atoms with Crippen LogP contribution in [0.2, 0.25) is 0 Å². The first-order valence-corrected chi connectivity index (χ1v) is 3.46. The fourth-order valence-electron chi connectivity index (χ4n) is 0. The van der Waals surface area contributed by atoms with Crippen molar-refractivity contribution in [3.05, 3.63) is 6.92 Å². The largest absolute Gasteiger partial charge is 1.00 e. The number of hydrogen-bond acceptors (Lipinski definition) is 2. The average molecular weight is 202 g/mol. The van der Waals surface area contributed by atoms with Crippen LogP contribution in [-0.4, -0.2) is 25.1 Å². The predicted octanol–water partition coefficient (Wildman–Crippen LogP) is -1.93. The van der Waals surface area contributed by atoms with Gasteiger partial charge in [0.25, 0.3) is 0 Å². The van der Waals surface area contributed by atoms with E-state index in [4.69, 9.17) is 17.5 Å². The molecule has 0 radical (unpaired) electrons. The molecule has 0 heterocycles. The zero-order valence-corrected chi connectivity index (χ0v) is 7.35. The van der Waals surface area contributed by atoms with E-state index in [1.807, 2.05) is 0 Å². The van der Waals surface area contributed by atoms with Gasteiger partial charge in [-0.1, -0.05) is 0 Å². The standard InChI is InChI=1S/C2H5.BF3.Li.H2O4S/c1-2;2-1(3)4;;1-5(2,3)4/h1H2,2H3;;;(H2,1,2,3,4)/q-1;;+1;. The molecule has 0 amide bonds. The van der Waals surface area contributed by atoms with Gasteiger partial charge >= 0.3 is 36.8 Å². The summed E-state index contributed by atoms with van der Waals surface area (Å²) in [4.78, 5) is 0. The maximum Gasteiger partial charge on any atom is 1.00 e. The number of halogens is 3. The molecule has 0 rings (SSSR count). The Morgan fingerprint density at radius 2 is 1.17 bits per heavy atom. The molecule has 0 aliphatic rings. The second-order valence-electron chi connectivity index (χ2n) is 0.695. The molecule has 0 aromatic carbocycles. The van der Waals surface area contributed by atoms with Gasteiger partial charge in [-0.2, -0.15) is 15.3 Å². The van der Waals surface area contributed by atoms with Gasteiger partial charge in [-0.3, -0.25) is 22.1 Å². The van der Waals surface area contributed by atoms with Crippen LogP contribution in [0.3, 0.4) is 0 Å². The first-order valence-electron chi connectivity index (χ1n) is 2.06. The second kappa shape index (κ2) is 13.9. The van der Waals surface area contributed by atoms with Crippen molar-refractivity contribution in [1.29, 1.82) is 0 Å². The van der Waals surface area contributed by atoms with Gasteiger partial charge < -0.3 is 6.92 Å². The van der Waals surface area contributed by atoms with Crippen LogP contribution in [-0.2, 0) is 10.4 Å². The zero-order chi connectivity index (χ0) is 10.1. The molecule has 0 bridgehead atoms. The molecule has 0 fully saturated rings. The number of hydrogen-bond donors (Lipinski definition) is 2. The molecule has 0 spiro atoms. The van der Waals surface area contributed by atoms with Gasteiger partial charge in [0.05, 0.1) is 0 Å². The van der Waals surface area contributed by atoms with Crippen molar-refractivity contribution < 1.29 is 49.3 Å². The third-order valence-electron chi connectivity index (χ3n) is 0. The van der Waals surface area contributed by atoms with Crippen molar-refractivity contribution in [2.45, 2.75) is 6.92 Å². The van der Waals surface area contributed by atoms with Crippen molar-refractivity contribution in [1.82, 2.24) is 0 Å². The van der Waals surface area contributed by atoms with E-state index in [-0.39, 0.29) is 18.9 Å². The van der Waals surface area contributed by atoms with E-state index >= 15 is 0 Å². The Hall–Kier alpha value is 0.322. The predicted molar refractivity (Wildman–Crippen MR) is 34.3 cm³/mol. The Balaban J connectivity index is -0.0000000419. The van der Waals surface area contributed by atoms with E-state index in [1.54, 1.807) is 6.92 Å². The van der Waals surface area contributed by atoms with Crippen LogP contribution in [0.5, 0.6) is 0 Å². The molecule has 0 saturated heterocycles. The van der Waals surface area contributed by atoms with E-state index in [0.717, 1.165) is 0 Å². The molecular formula is C2H7BF3LiO4S. The summed E-state index contributed by atoms with van der Waals surface area (Å²) in [7, 11) is -8.33. The minimum Gasteiger partial charge on any atom is -0.346 e. The summed E-state index contributed by atoms with van der Waals surface area (Å²) in [5.41, 5.74) is 0. The van der Waals surface area contributed by atoms with Crippen molar-refractivity contribution in [2.75, 3.05) is 0 Å². The number of rotatable bonds is 0. The van der Waals surface area contributed by atoms with E-state index in [2.05, 4.69) is 6.92 Å². The summed E-state index contributed by atoms with van der Waals surface area (Å²) in [6.45, 7) is 5.00. The summed E-state index contributed by atoms with van der Waals surface area (Å²) in [6.07, 6.45) is 0. The van der Waals surface area contributed by atoms with Crippen LogP contribution in [0, 0.1) is 6.92 Å². The Morgan fingerprint density at radius 3 is 1.17 bits per heavy atom. The van der Waals surface area contributed by atoms with Gasteiger partial charge in [-0.15, -0.1) is 0 Å². The van der Waals surface area contributed by atoms with Crippen molar-refractivity contribution in [3.63, 3.8) is 0 Å². The van der Waals surface area contributed by atoms with Gasteiger partial charge in [0.15, 0.2) is 0 Å². The fourth-order valence-corrected chi connectivity index (χ4v) is 0. The van der Waals surface area contributed by atoms with Crippen molar-refractivity contribution in [3.8, 4) is 0 Å². The maximum absolute atomic E-state index is 9.67. The molecule has 0 saturated carbocycles. The second-order valence-corrected chi connectivity index (χ2v) is 1.59. The SMILES string of the molecule is FB(F)F.O=S(=O)(O)O.[CH2-]C.[Li+].